The third-order valence-corrected chi connectivity index (χ3v) is 2.87. The number of hydrogen-bond donors (Lipinski definition) is 1. The highest BCUT2D eigenvalue weighted by atomic mass is 16.2. The van der Waals surface area contributed by atoms with Crippen molar-refractivity contribution >= 4 is 16.7 Å². The molecule has 2 heterocycles. The van der Waals surface area contributed by atoms with Gasteiger partial charge in [-0.2, -0.15) is 0 Å². The number of nitrogens with one attached hydrogen (secondary N) is 1. The summed E-state index contributed by atoms with van der Waals surface area (Å²) in [5, 5.41) is 7.81. The van der Waals surface area contributed by atoms with Crippen LogP contribution in [0, 0.1) is 0 Å². The molecule has 2 rings (SSSR count). The van der Waals surface area contributed by atoms with E-state index in [9.17, 15) is 9.59 Å². The van der Waals surface area contributed by atoms with Crippen LogP contribution < -0.4 is 11.2 Å². The van der Waals surface area contributed by atoms with E-state index in [4.69, 9.17) is 0 Å². The number of allylic oxidation sites excluding steroid dienone is 6. The first-order chi connectivity index (χ1) is 12.1. The van der Waals surface area contributed by atoms with Gasteiger partial charge in [0.05, 0.1) is 0 Å². The summed E-state index contributed by atoms with van der Waals surface area (Å²) in [6, 6.07) is 0. The van der Waals surface area contributed by atoms with Crippen LogP contribution >= 0.6 is 0 Å². The highest BCUT2D eigenvalue weighted by molar-refractivity contribution is 5.74. The third-order valence-electron chi connectivity index (χ3n) is 2.87. The minimum absolute atomic E-state index is 0.0831. The molecule has 25 heavy (non-hydrogen) atoms. The maximum atomic E-state index is 12.0. The zero-order valence-electron chi connectivity index (χ0n) is 16.0. The molecule has 7 heteroatoms. The SMILES string of the molecule is CC.CC.C\C=C/C=C\C(=C/C)c1nnc2[nH]c(=O)n(C)c(=O)c2n1. The van der Waals surface area contributed by atoms with Crippen LogP contribution in [-0.2, 0) is 7.05 Å². The van der Waals surface area contributed by atoms with Crippen molar-refractivity contribution in [3.05, 3.63) is 57.0 Å². The molecule has 0 radical (unpaired) electrons. The Bertz CT molecular complexity index is 873. The number of aromatic amines is 1. The molecule has 0 atom stereocenters. The zero-order chi connectivity index (χ0) is 19.4. The van der Waals surface area contributed by atoms with E-state index in [1.807, 2.05) is 71.9 Å². The molecule has 0 aromatic carbocycles. The number of nitrogens with zero attached hydrogens (tertiary/aromatic N) is 4. The first-order valence-electron chi connectivity index (χ1n) is 8.38. The molecule has 0 aliphatic carbocycles. The molecule has 0 saturated heterocycles. The molecule has 136 valence electrons. The molecular weight excluding hydrogens is 318 g/mol. The van der Waals surface area contributed by atoms with Gasteiger partial charge >= 0.3 is 5.69 Å². The summed E-state index contributed by atoms with van der Waals surface area (Å²) < 4.78 is 0.950. The summed E-state index contributed by atoms with van der Waals surface area (Å²) in [5.41, 5.74) is -0.148. The van der Waals surface area contributed by atoms with Gasteiger partial charge in [0.15, 0.2) is 17.0 Å². The fourth-order valence-corrected chi connectivity index (χ4v) is 1.69. The van der Waals surface area contributed by atoms with Gasteiger partial charge in [-0.25, -0.2) is 9.78 Å². The Morgan fingerprint density at radius 3 is 2.24 bits per heavy atom. The first kappa shape index (κ1) is 22.2. The summed E-state index contributed by atoms with van der Waals surface area (Å²) in [6.45, 7) is 11.8. The number of hydrogen-bond acceptors (Lipinski definition) is 5. The van der Waals surface area contributed by atoms with Crippen LogP contribution in [0.4, 0.5) is 0 Å². The van der Waals surface area contributed by atoms with E-state index in [0.29, 0.717) is 5.82 Å². The van der Waals surface area contributed by atoms with Gasteiger partial charge in [-0.1, -0.05) is 58.1 Å². The second kappa shape index (κ2) is 11.7. The third kappa shape index (κ3) is 5.63. The number of aromatic nitrogens is 5. The Labute approximate surface area is 147 Å². The van der Waals surface area contributed by atoms with Crippen molar-refractivity contribution in [3.63, 3.8) is 0 Å². The van der Waals surface area contributed by atoms with Crippen molar-refractivity contribution in [2.75, 3.05) is 0 Å². The van der Waals surface area contributed by atoms with E-state index in [0.717, 1.165) is 10.1 Å². The van der Waals surface area contributed by atoms with E-state index < -0.39 is 11.2 Å². The van der Waals surface area contributed by atoms with Crippen molar-refractivity contribution < 1.29 is 0 Å². The molecule has 0 spiro atoms. The van der Waals surface area contributed by atoms with Crippen molar-refractivity contribution in [1.29, 1.82) is 0 Å². The van der Waals surface area contributed by atoms with Crippen molar-refractivity contribution in [3.8, 4) is 0 Å². The average Bonchev–Trinajstić information content (AvgIpc) is 2.67. The van der Waals surface area contributed by atoms with E-state index >= 15 is 0 Å². The lowest BCUT2D eigenvalue weighted by Crippen LogP contribution is -2.33. The second-order valence-electron chi connectivity index (χ2n) is 4.26. The van der Waals surface area contributed by atoms with Crippen molar-refractivity contribution in [2.24, 2.45) is 7.05 Å². The van der Waals surface area contributed by atoms with E-state index in [2.05, 4.69) is 20.2 Å². The molecule has 0 aliphatic rings. The Kier molecular flexibility index (Phi) is 10.3. The Hall–Kier alpha value is -2.83. The number of fused-ring (bicyclic) bond motifs is 1. The summed E-state index contributed by atoms with van der Waals surface area (Å²) >= 11 is 0. The smallest absolute Gasteiger partial charge is 0.288 e. The van der Waals surface area contributed by atoms with Crippen molar-refractivity contribution in [1.82, 2.24) is 24.7 Å². The molecule has 2 aromatic heterocycles. The molecule has 0 aliphatic heterocycles. The first-order valence-corrected chi connectivity index (χ1v) is 8.38. The molecule has 0 fully saturated rings. The van der Waals surface area contributed by atoms with Crippen LogP contribution in [0.3, 0.4) is 0 Å². The summed E-state index contributed by atoms with van der Waals surface area (Å²) in [6.07, 6.45) is 9.24. The predicted molar refractivity (Wildman–Crippen MR) is 103 cm³/mol. The van der Waals surface area contributed by atoms with Gasteiger partial charge in [-0.15, -0.1) is 10.2 Å². The topological polar surface area (TPSA) is 93.5 Å². The highest BCUT2D eigenvalue weighted by Crippen LogP contribution is 2.11. The lowest BCUT2D eigenvalue weighted by Gasteiger charge is -2.02. The summed E-state index contributed by atoms with van der Waals surface area (Å²) in [4.78, 5) is 30.2. The van der Waals surface area contributed by atoms with Crippen molar-refractivity contribution in [2.45, 2.75) is 41.5 Å². The molecular formula is C18H27N5O2. The Balaban J connectivity index is 0.00000134. The van der Waals surface area contributed by atoms with Gasteiger partial charge in [-0.3, -0.25) is 14.3 Å². The lowest BCUT2D eigenvalue weighted by molar-refractivity contribution is 0.779. The lowest BCUT2D eigenvalue weighted by atomic mass is 10.2. The molecule has 2 aromatic rings. The molecule has 0 amide bonds. The standard InChI is InChI=1S/C14H15N5O2.2C2H6/c1-4-6-7-8-9(5-2)11-15-10-12(18-17-11)16-14(21)19(3)13(10)20;2*1-2/h4-8H,1-3H3,(H,16,18,21);2*1-2H3/b6-4-,8-7-,9-5+;;. The van der Waals surface area contributed by atoms with E-state index in [1.165, 1.54) is 7.05 Å². The van der Waals surface area contributed by atoms with Gasteiger partial charge in [0.1, 0.15) is 0 Å². The Morgan fingerprint density at radius 1 is 1.04 bits per heavy atom. The minimum atomic E-state index is -0.546. The van der Waals surface area contributed by atoms with E-state index in [1.54, 1.807) is 0 Å². The normalized spacial score (nSPS) is 11.2. The second-order valence-corrected chi connectivity index (χ2v) is 4.26. The summed E-state index contributed by atoms with van der Waals surface area (Å²) in [5.74, 6) is 0.329. The quantitative estimate of drug-likeness (QED) is 0.863. The maximum Gasteiger partial charge on any atom is 0.329 e. The monoisotopic (exact) mass is 345 g/mol. The molecule has 0 saturated carbocycles. The molecule has 1 N–H and O–H groups in total. The fourth-order valence-electron chi connectivity index (χ4n) is 1.69. The summed E-state index contributed by atoms with van der Waals surface area (Å²) in [7, 11) is 1.38. The maximum absolute atomic E-state index is 12.0. The minimum Gasteiger partial charge on any atom is -0.288 e. The molecule has 0 unspecified atom stereocenters. The largest absolute Gasteiger partial charge is 0.329 e. The van der Waals surface area contributed by atoms with Crippen LogP contribution in [0.1, 0.15) is 47.4 Å². The van der Waals surface area contributed by atoms with Crippen LogP contribution in [-0.4, -0.2) is 24.7 Å². The van der Waals surface area contributed by atoms with Gasteiger partial charge in [-0.05, 0) is 13.8 Å². The van der Waals surface area contributed by atoms with Crippen LogP contribution in [0.2, 0.25) is 0 Å². The van der Waals surface area contributed by atoms with Gasteiger partial charge in [0, 0.05) is 12.6 Å². The molecule has 0 bridgehead atoms. The highest BCUT2D eigenvalue weighted by Gasteiger charge is 2.10. The van der Waals surface area contributed by atoms with Gasteiger partial charge in [0.25, 0.3) is 5.56 Å². The van der Waals surface area contributed by atoms with E-state index in [-0.39, 0.29) is 11.2 Å². The Morgan fingerprint density at radius 2 is 1.68 bits per heavy atom. The number of H-pyrrole nitrogens is 1. The van der Waals surface area contributed by atoms with Crippen LogP contribution in [0.15, 0.2) is 40.0 Å². The molecule has 7 nitrogen and oxygen atoms in total. The fraction of sp³-hybridized carbons (Fsp3) is 0.389. The van der Waals surface area contributed by atoms with Gasteiger partial charge in [0.2, 0.25) is 0 Å². The van der Waals surface area contributed by atoms with Crippen LogP contribution in [0.25, 0.3) is 16.7 Å². The zero-order valence-corrected chi connectivity index (χ0v) is 16.0. The van der Waals surface area contributed by atoms with Gasteiger partial charge < -0.3 is 0 Å². The number of rotatable bonds is 3. The average molecular weight is 345 g/mol. The predicted octanol–water partition coefficient (Wildman–Crippen LogP) is 3.00. The van der Waals surface area contributed by atoms with Crippen LogP contribution in [0.5, 0.6) is 0 Å².